The number of H-pyrrole nitrogens is 1. The van der Waals surface area contributed by atoms with E-state index in [1.165, 1.54) is 29.3 Å². The molecule has 2 unspecified atom stereocenters. The zero-order valence-corrected chi connectivity index (χ0v) is 15.1. The number of unbranched alkanes of at least 4 members (excludes halogenated alkanes) is 1. The number of benzene rings is 1. The number of likely N-dealkylation sites (tertiary alicyclic amines) is 1. The highest BCUT2D eigenvalue weighted by atomic mass is 16.1. The summed E-state index contributed by atoms with van der Waals surface area (Å²) >= 11 is 0. The molecule has 1 aliphatic carbocycles. The number of hydrogen-bond donors (Lipinski definition) is 2. The first-order valence-electron chi connectivity index (χ1n) is 9.79. The molecule has 0 spiro atoms. The zero-order chi connectivity index (χ0) is 17.2. The molecule has 2 fully saturated rings. The number of fused-ring (bicyclic) bond motifs is 1. The van der Waals surface area contributed by atoms with Crippen LogP contribution >= 0.6 is 0 Å². The second-order valence-electron chi connectivity index (χ2n) is 7.90. The number of nitrogens with one attached hydrogen (secondary N) is 2. The van der Waals surface area contributed by atoms with Crippen LogP contribution in [0.15, 0.2) is 30.5 Å². The molecule has 25 heavy (non-hydrogen) atoms. The number of carbonyl (C=O) groups excluding carboxylic acids is 1. The third-order valence-corrected chi connectivity index (χ3v) is 5.83. The van der Waals surface area contributed by atoms with Crippen molar-refractivity contribution >= 4 is 16.8 Å². The van der Waals surface area contributed by atoms with Gasteiger partial charge in [0.2, 0.25) is 5.91 Å². The van der Waals surface area contributed by atoms with Crippen LogP contribution < -0.4 is 5.32 Å². The average molecular weight is 339 g/mol. The lowest BCUT2D eigenvalue weighted by atomic mass is 10.0. The van der Waals surface area contributed by atoms with Crippen LogP contribution in [0, 0.1) is 5.92 Å². The third-order valence-electron chi connectivity index (χ3n) is 5.83. The van der Waals surface area contributed by atoms with Crippen molar-refractivity contribution in [3.8, 4) is 0 Å². The molecular weight excluding hydrogens is 310 g/mol. The largest absolute Gasteiger partial charge is 0.361 e. The minimum atomic E-state index is 0.230. The van der Waals surface area contributed by atoms with Crippen LogP contribution in [0.5, 0.6) is 0 Å². The Kier molecular flexibility index (Phi) is 4.80. The van der Waals surface area contributed by atoms with Gasteiger partial charge < -0.3 is 10.3 Å². The third kappa shape index (κ3) is 3.90. The fraction of sp³-hybridized carbons (Fsp3) is 0.571. The van der Waals surface area contributed by atoms with E-state index >= 15 is 0 Å². The summed E-state index contributed by atoms with van der Waals surface area (Å²) in [6, 6.07) is 9.57. The molecule has 134 valence electrons. The van der Waals surface area contributed by atoms with Gasteiger partial charge in [0.05, 0.1) is 0 Å². The van der Waals surface area contributed by atoms with Crippen molar-refractivity contribution in [3.05, 3.63) is 36.0 Å². The first-order chi connectivity index (χ1) is 12.2. The molecular formula is C21H29N3O. The smallest absolute Gasteiger partial charge is 0.220 e. The molecule has 1 amide bonds. The lowest BCUT2D eigenvalue weighted by Crippen LogP contribution is -2.39. The van der Waals surface area contributed by atoms with Gasteiger partial charge in [-0.15, -0.1) is 0 Å². The molecule has 1 saturated heterocycles. The van der Waals surface area contributed by atoms with Crippen LogP contribution in [0.3, 0.4) is 0 Å². The van der Waals surface area contributed by atoms with E-state index in [0.717, 1.165) is 38.4 Å². The maximum absolute atomic E-state index is 12.3. The number of aryl methyl sites for hydroxylation is 1. The SMILES string of the molecule is CC1CN(C2CC2)CC1NC(=O)CCCCc1c[nH]c2ccccc12. The molecule has 2 aliphatic rings. The molecule has 2 aromatic rings. The Labute approximate surface area is 150 Å². The lowest BCUT2D eigenvalue weighted by Gasteiger charge is -2.17. The Morgan fingerprint density at radius 2 is 2.08 bits per heavy atom. The molecule has 0 radical (unpaired) electrons. The molecule has 1 aliphatic heterocycles. The van der Waals surface area contributed by atoms with Crippen LogP contribution in [0.4, 0.5) is 0 Å². The Morgan fingerprint density at radius 3 is 2.92 bits per heavy atom. The van der Waals surface area contributed by atoms with Gasteiger partial charge in [-0.3, -0.25) is 9.69 Å². The predicted octanol–water partition coefficient (Wildman–Crippen LogP) is 3.48. The number of nitrogens with zero attached hydrogens (tertiary/aromatic N) is 1. The molecule has 4 rings (SSSR count). The van der Waals surface area contributed by atoms with E-state index in [1.807, 2.05) is 0 Å². The van der Waals surface area contributed by atoms with Gasteiger partial charge in [0.25, 0.3) is 0 Å². The number of carbonyl (C=O) groups is 1. The maximum Gasteiger partial charge on any atom is 0.220 e. The number of hydrogen-bond acceptors (Lipinski definition) is 2. The van der Waals surface area contributed by atoms with E-state index in [2.05, 4.69) is 52.6 Å². The predicted molar refractivity (Wildman–Crippen MR) is 102 cm³/mol. The number of rotatable bonds is 7. The van der Waals surface area contributed by atoms with Gasteiger partial charge in [-0.2, -0.15) is 0 Å². The number of aromatic amines is 1. The maximum atomic E-state index is 12.3. The van der Waals surface area contributed by atoms with E-state index in [1.54, 1.807) is 0 Å². The van der Waals surface area contributed by atoms with E-state index < -0.39 is 0 Å². The van der Waals surface area contributed by atoms with Crippen LogP contribution in [-0.2, 0) is 11.2 Å². The Balaban J connectivity index is 1.19. The summed E-state index contributed by atoms with van der Waals surface area (Å²) in [5.41, 5.74) is 2.56. The second-order valence-corrected chi connectivity index (χ2v) is 7.90. The van der Waals surface area contributed by atoms with Gasteiger partial charge in [-0.05, 0) is 49.7 Å². The van der Waals surface area contributed by atoms with Crippen molar-refractivity contribution in [2.24, 2.45) is 5.92 Å². The zero-order valence-electron chi connectivity index (χ0n) is 15.1. The Morgan fingerprint density at radius 1 is 1.24 bits per heavy atom. The molecule has 2 heterocycles. The van der Waals surface area contributed by atoms with Gasteiger partial charge in [0.1, 0.15) is 0 Å². The summed E-state index contributed by atoms with van der Waals surface area (Å²) in [6.07, 6.45) is 8.50. The molecule has 4 heteroatoms. The lowest BCUT2D eigenvalue weighted by molar-refractivity contribution is -0.122. The molecule has 4 nitrogen and oxygen atoms in total. The van der Waals surface area contributed by atoms with Gasteiger partial charge in [0.15, 0.2) is 0 Å². The summed E-state index contributed by atoms with van der Waals surface area (Å²) in [7, 11) is 0. The fourth-order valence-corrected chi connectivity index (χ4v) is 4.15. The fourth-order valence-electron chi connectivity index (χ4n) is 4.15. The molecule has 2 N–H and O–H groups in total. The van der Waals surface area contributed by atoms with Gasteiger partial charge in [-0.25, -0.2) is 0 Å². The highest BCUT2D eigenvalue weighted by Crippen LogP contribution is 2.31. The first kappa shape index (κ1) is 16.6. The van der Waals surface area contributed by atoms with Crippen LogP contribution in [0.25, 0.3) is 10.9 Å². The van der Waals surface area contributed by atoms with Crippen molar-refractivity contribution in [1.29, 1.82) is 0 Å². The van der Waals surface area contributed by atoms with Crippen molar-refractivity contribution in [3.63, 3.8) is 0 Å². The van der Waals surface area contributed by atoms with Crippen molar-refractivity contribution < 1.29 is 4.79 Å². The molecule has 2 atom stereocenters. The molecule has 0 bridgehead atoms. The van der Waals surface area contributed by atoms with E-state index in [4.69, 9.17) is 0 Å². The van der Waals surface area contributed by atoms with E-state index in [-0.39, 0.29) is 5.91 Å². The molecule has 1 aromatic carbocycles. The van der Waals surface area contributed by atoms with Gasteiger partial charge in [-0.1, -0.05) is 25.1 Å². The van der Waals surface area contributed by atoms with Gasteiger partial charge in [0, 0.05) is 48.7 Å². The van der Waals surface area contributed by atoms with E-state index in [9.17, 15) is 4.79 Å². The summed E-state index contributed by atoms with van der Waals surface area (Å²) in [5, 5.41) is 4.59. The summed E-state index contributed by atoms with van der Waals surface area (Å²) in [6.45, 7) is 4.47. The van der Waals surface area contributed by atoms with Crippen molar-refractivity contribution in [1.82, 2.24) is 15.2 Å². The van der Waals surface area contributed by atoms with Crippen LogP contribution in [0.2, 0.25) is 0 Å². The van der Waals surface area contributed by atoms with Crippen molar-refractivity contribution in [2.45, 2.75) is 57.5 Å². The van der Waals surface area contributed by atoms with Crippen LogP contribution in [-0.4, -0.2) is 41.0 Å². The van der Waals surface area contributed by atoms with Crippen LogP contribution in [0.1, 0.15) is 44.6 Å². The standard InChI is InChI=1S/C21H29N3O/c1-15-13-24(17-10-11-17)14-20(15)23-21(25)9-5-2-6-16-12-22-19-8-4-3-7-18(16)19/h3-4,7-8,12,15,17,20,22H,2,5-6,9-11,13-14H2,1H3,(H,23,25). The Bertz CT molecular complexity index is 734. The summed E-state index contributed by atoms with van der Waals surface area (Å²) in [5.74, 6) is 0.809. The minimum absolute atomic E-state index is 0.230. The summed E-state index contributed by atoms with van der Waals surface area (Å²) < 4.78 is 0. The minimum Gasteiger partial charge on any atom is -0.361 e. The molecule has 1 saturated carbocycles. The second kappa shape index (κ2) is 7.20. The number of amides is 1. The molecule has 1 aromatic heterocycles. The van der Waals surface area contributed by atoms with E-state index in [0.29, 0.717) is 18.4 Å². The van der Waals surface area contributed by atoms with Crippen molar-refractivity contribution in [2.75, 3.05) is 13.1 Å². The normalized spacial score (nSPS) is 24.0. The summed E-state index contributed by atoms with van der Waals surface area (Å²) in [4.78, 5) is 18.2. The number of aromatic nitrogens is 1. The first-order valence-corrected chi connectivity index (χ1v) is 9.79. The highest BCUT2D eigenvalue weighted by molar-refractivity contribution is 5.83. The number of para-hydroxylation sites is 1. The van der Waals surface area contributed by atoms with Gasteiger partial charge >= 0.3 is 0 Å². The quantitative estimate of drug-likeness (QED) is 0.759. The average Bonchev–Trinajstić information content (AvgIpc) is 3.29. The Hall–Kier alpha value is -1.81. The highest BCUT2D eigenvalue weighted by Gasteiger charge is 2.38. The monoisotopic (exact) mass is 339 g/mol. The topological polar surface area (TPSA) is 48.1 Å².